The summed E-state index contributed by atoms with van der Waals surface area (Å²) in [6, 6.07) is 0. The van der Waals surface area contributed by atoms with Gasteiger partial charge in [0.1, 0.15) is 5.78 Å². The second-order valence-electron chi connectivity index (χ2n) is 8.66. The fourth-order valence-corrected chi connectivity index (χ4v) is 6.62. The molecule has 0 aromatic carbocycles. The Labute approximate surface area is 144 Å². The molecule has 3 fully saturated rings. The maximum Gasteiger partial charge on any atom is 0.156 e. The van der Waals surface area contributed by atoms with Crippen LogP contribution in [0.2, 0.25) is 0 Å². The Morgan fingerprint density at radius 2 is 2.04 bits per heavy atom. The second-order valence-corrected chi connectivity index (χ2v) is 8.66. The lowest BCUT2D eigenvalue weighted by Gasteiger charge is -2.58. The average Bonchev–Trinajstić information content (AvgIpc) is 2.85. The highest BCUT2D eigenvalue weighted by Crippen LogP contribution is 2.66. The molecule has 0 heterocycles. The van der Waals surface area contributed by atoms with Crippen molar-refractivity contribution in [2.75, 3.05) is 0 Å². The molecule has 4 rings (SSSR count). The summed E-state index contributed by atoms with van der Waals surface area (Å²) < 4.78 is 0. The van der Waals surface area contributed by atoms with E-state index < -0.39 is 0 Å². The van der Waals surface area contributed by atoms with Gasteiger partial charge in [0.25, 0.3) is 0 Å². The Kier molecular flexibility index (Phi) is 3.43. The van der Waals surface area contributed by atoms with Gasteiger partial charge in [0, 0.05) is 30.1 Å². The van der Waals surface area contributed by atoms with Gasteiger partial charge in [-0.05, 0) is 61.5 Å². The van der Waals surface area contributed by atoms with Gasteiger partial charge in [-0.25, -0.2) is 0 Å². The van der Waals surface area contributed by atoms with E-state index >= 15 is 0 Å². The van der Waals surface area contributed by atoms with Gasteiger partial charge in [0.15, 0.2) is 5.78 Å². The van der Waals surface area contributed by atoms with Crippen LogP contribution >= 0.6 is 0 Å². The predicted molar refractivity (Wildman–Crippen MR) is 94.0 cm³/mol. The van der Waals surface area contributed by atoms with Crippen LogP contribution in [-0.4, -0.2) is 11.6 Å². The topological polar surface area (TPSA) is 34.1 Å². The van der Waals surface area contributed by atoms with Crippen molar-refractivity contribution in [2.45, 2.75) is 58.3 Å². The summed E-state index contributed by atoms with van der Waals surface area (Å²) in [4.78, 5) is 24.5. The van der Waals surface area contributed by atoms with Gasteiger partial charge in [-0.15, -0.1) is 12.3 Å². The molecule has 0 aromatic heterocycles. The quantitative estimate of drug-likeness (QED) is 0.676. The largest absolute Gasteiger partial charge is 0.299 e. The third-order valence-electron chi connectivity index (χ3n) is 7.80. The van der Waals surface area contributed by atoms with Gasteiger partial charge in [-0.2, -0.15) is 0 Å². The molecule has 0 spiro atoms. The molecule has 0 unspecified atom stereocenters. The minimum absolute atomic E-state index is 0.0738. The Balaban J connectivity index is 1.80. The summed E-state index contributed by atoms with van der Waals surface area (Å²) in [5, 5.41) is 0. The van der Waals surface area contributed by atoms with E-state index in [-0.39, 0.29) is 16.6 Å². The predicted octanol–water partition coefficient (Wildman–Crippen LogP) is 4.26. The van der Waals surface area contributed by atoms with Crippen LogP contribution in [0.25, 0.3) is 0 Å². The first-order valence-electron chi connectivity index (χ1n) is 9.32. The van der Waals surface area contributed by atoms with Crippen molar-refractivity contribution in [3.05, 3.63) is 23.8 Å². The van der Waals surface area contributed by atoms with E-state index in [0.717, 1.165) is 49.7 Å². The van der Waals surface area contributed by atoms with Crippen molar-refractivity contribution in [3.63, 3.8) is 0 Å². The molecule has 126 valence electrons. The number of hydrogen-bond acceptors (Lipinski definition) is 2. The zero-order chi connectivity index (χ0) is 17.1. The number of hydrogen-bond donors (Lipinski definition) is 0. The molecule has 5 atom stereocenters. The number of ketones is 2. The van der Waals surface area contributed by atoms with Crippen LogP contribution in [0.1, 0.15) is 58.3 Å². The Bertz CT molecular complexity index is 706. The van der Waals surface area contributed by atoms with Crippen LogP contribution < -0.4 is 0 Å². The van der Waals surface area contributed by atoms with Gasteiger partial charge in [0.2, 0.25) is 0 Å². The summed E-state index contributed by atoms with van der Waals surface area (Å²) in [7, 11) is 0. The molecule has 0 bridgehead atoms. The van der Waals surface area contributed by atoms with Crippen LogP contribution in [0.15, 0.2) is 23.8 Å². The molecule has 0 saturated heterocycles. The van der Waals surface area contributed by atoms with Crippen molar-refractivity contribution in [1.82, 2.24) is 0 Å². The molecule has 2 nitrogen and oxygen atoms in total. The number of allylic oxidation sites excluding steroid dienone is 2. The first-order chi connectivity index (χ1) is 11.4. The fraction of sp³-hybridized carbons (Fsp3) is 0.636. The monoisotopic (exact) mass is 322 g/mol. The molecule has 2 heteroatoms. The third kappa shape index (κ3) is 1.91. The van der Waals surface area contributed by atoms with Gasteiger partial charge in [-0.1, -0.05) is 19.1 Å². The maximum absolute atomic E-state index is 12.5. The molecule has 0 N–H and O–H groups in total. The highest BCUT2D eigenvalue weighted by molar-refractivity contribution is 5.92. The van der Waals surface area contributed by atoms with Gasteiger partial charge in [-0.3, -0.25) is 9.59 Å². The zero-order valence-electron chi connectivity index (χ0n) is 14.6. The molecule has 4 aliphatic rings. The summed E-state index contributed by atoms with van der Waals surface area (Å²) in [5.74, 6) is 5.06. The number of terminal acetylenes is 1. The smallest absolute Gasteiger partial charge is 0.156 e. The van der Waals surface area contributed by atoms with E-state index in [4.69, 9.17) is 6.42 Å². The minimum atomic E-state index is -0.134. The summed E-state index contributed by atoms with van der Waals surface area (Å²) >= 11 is 0. The Hall–Kier alpha value is -1.62. The average molecular weight is 322 g/mol. The molecular weight excluding hydrogens is 296 g/mol. The van der Waals surface area contributed by atoms with Gasteiger partial charge >= 0.3 is 0 Å². The number of rotatable bonds is 1. The van der Waals surface area contributed by atoms with Gasteiger partial charge in [0.05, 0.1) is 0 Å². The summed E-state index contributed by atoms with van der Waals surface area (Å²) in [6.07, 6.45) is 14.5. The molecular formula is C22H26O2. The maximum atomic E-state index is 12.5. The highest BCUT2D eigenvalue weighted by Gasteiger charge is 2.60. The molecule has 24 heavy (non-hydrogen) atoms. The fourth-order valence-electron chi connectivity index (χ4n) is 6.62. The molecule has 0 aromatic rings. The van der Waals surface area contributed by atoms with Crippen molar-refractivity contribution >= 4 is 11.6 Å². The summed E-state index contributed by atoms with van der Waals surface area (Å²) in [6.45, 7) is 6.52. The van der Waals surface area contributed by atoms with E-state index in [9.17, 15) is 9.59 Å². The molecule has 3 saturated carbocycles. The van der Waals surface area contributed by atoms with E-state index in [1.54, 1.807) is 0 Å². The normalized spacial score (nSPS) is 44.2. The zero-order valence-corrected chi connectivity index (χ0v) is 14.6. The Morgan fingerprint density at radius 1 is 1.25 bits per heavy atom. The van der Waals surface area contributed by atoms with Crippen LogP contribution in [0.4, 0.5) is 0 Å². The second kappa shape index (κ2) is 5.19. The first kappa shape index (κ1) is 15.9. The van der Waals surface area contributed by atoms with Crippen molar-refractivity contribution in [2.24, 2.45) is 28.6 Å². The minimum Gasteiger partial charge on any atom is -0.299 e. The third-order valence-corrected chi connectivity index (χ3v) is 7.80. The lowest BCUT2D eigenvalue weighted by atomic mass is 9.45. The number of fused-ring (bicyclic) bond motifs is 5. The molecule has 0 amide bonds. The molecule has 4 aliphatic carbocycles. The first-order valence-corrected chi connectivity index (χ1v) is 9.32. The van der Waals surface area contributed by atoms with E-state index in [1.807, 2.05) is 6.08 Å². The van der Waals surface area contributed by atoms with Crippen molar-refractivity contribution in [1.29, 1.82) is 0 Å². The molecule has 0 radical (unpaired) electrons. The van der Waals surface area contributed by atoms with Gasteiger partial charge < -0.3 is 0 Å². The lowest BCUT2D eigenvalue weighted by Crippen LogP contribution is -2.52. The van der Waals surface area contributed by atoms with Crippen LogP contribution in [0, 0.1) is 40.9 Å². The molecule has 0 aliphatic heterocycles. The number of Topliss-reactive ketones (excluding diaryl/α,β-unsaturated/α-hetero) is 1. The van der Waals surface area contributed by atoms with E-state index in [0.29, 0.717) is 36.4 Å². The van der Waals surface area contributed by atoms with Crippen LogP contribution in [0.5, 0.6) is 0 Å². The van der Waals surface area contributed by atoms with E-state index in [2.05, 4.69) is 19.4 Å². The van der Waals surface area contributed by atoms with Crippen LogP contribution in [0.3, 0.4) is 0 Å². The highest BCUT2D eigenvalue weighted by atomic mass is 16.1. The summed E-state index contributed by atoms with van der Waals surface area (Å²) in [5.41, 5.74) is 2.04. The SMILES string of the molecule is C#CC[C@@]12CCC(=O)C=C1C(=C)C[C@@H]1[C@@H]2CC[C@]2(C)C(=O)CC[C@@H]12. The van der Waals surface area contributed by atoms with Crippen LogP contribution in [-0.2, 0) is 9.59 Å². The number of carbonyl (C=O) groups excluding carboxylic acids is 2. The lowest BCUT2D eigenvalue weighted by molar-refractivity contribution is -0.132. The van der Waals surface area contributed by atoms with Crippen molar-refractivity contribution in [3.8, 4) is 12.3 Å². The van der Waals surface area contributed by atoms with E-state index in [1.165, 1.54) is 0 Å². The standard InChI is InChI=1S/C22H26O2/c1-4-9-22-11-7-15(23)13-19(22)14(2)12-16-17-5-6-20(24)21(17,3)10-8-18(16)22/h1,13,16-18H,2,5-12H2,3H3/t16-,17-,18-,21-,22-/m0/s1. The Morgan fingerprint density at radius 3 is 2.79 bits per heavy atom. The van der Waals surface area contributed by atoms with Crippen molar-refractivity contribution < 1.29 is 9.59 Å². The number of carbonyl (C=O) groups is 2.